The van der Waals surface area contributed by atoms with Crippen LogP contribution in [0.15, 0.2) is 18.2 Å². The van der Waals surface area contributed by atoms with Crippen LogP contribution in [0.3, 0.4) is 0 Å². The average molecular weight is 262 g/mol. The lowest BCUT2D eigenvalue weighted by molar-refractivity contribution is 0.0743. The van der Waals surface area contributed by atoms with Gasteiger partial charge in [0.15, 0.2) is 0 Å². The molecule has 0 saturated carbocycles. The van der Waals surface area contributed by atoms with Crippen molar-refractivity contribution in [2.45, 2.75) is 38.3 Å². The van der Waals surface area contributed by atoms with Gasteiger partial charge in [0.25, 0.3) is 5.91 Å². The fourth-order valence-corrected chi connectivity index (χ4v) is 3.11. The Balaban J connectivity index is 1.81. The molecule has 1 N–H and O–H groups in total. The highest BCUT2D eigenvalue weighted by molar-refractivity contribution is 5.94. The van der Waals surface area contributed by atoms with Crippen molar-refractivity contribution in [2.75, 3.05) is 13.1 Å². The molecular formula is C15H19FN2O. The molecule has 2 saturated heterocycles. The molecule has 2 bridgehead atoms. The second kappa shape index (κ2) is 4.93. The van der Waals surface area contributed by atoms with Crippen molar-refractivity contribution in [3.63, 3.8) is 0 Å². The summed E-state index contributed by atoms with van der Waals surface area (Å²) in [7, 11) is 0. The van der Waals surface area contributed by atoms with Crippen LogP contribution < -0.4 is 5.32 Å². The molecule has 0 spiro atoms. The van der Waals surface area contributed by atoms with Crippen LogP contribution in [0.4, 0.5) is 4.39 Å². The second-order valence-corrected chi connectivity index (χ2v) is 5.61. The van der Waals surface area contributed by atoms with Gasteiger partial charge in [-0.3, -0.25) is 4.79 Å². The SMILES string of the molecule is Cc1cccc(C(=O)N2CCC3CCC(C2)N3)c1F. The highest BCUT2D eigenvalue weighted by Crippen LogP contribution is 2.22. The van der Waals surface area contributed by atoms with E-state index >= 15 is 0 Å². The summed E-state index contributed by atoms with van der Waals surface area (Å²) in [6.45, 7) is 3.11. The summed E-state index contributed by atoms with van der Waals surface area (Å²) in [5, 5.41) is 3.53. The Hall–Kier alpha value is -1.42. The summed E-state index contributed by atoms with van der Waals surface area (Å²) in [6, 6.07) is 5.93. The van der Waals surface area contributed by atoms with Crippen LogP contribution in [-0.2, 0) is 0 Å². The van der Waals surface area contributed by atoms with Gasteiger partial charge >= 0.3 is 0 Å². The molecule has 2 atom stereocenters. The zero-order valence-electron chi connectivity index (χ0n) is 11.2. The summed E-state index contributed by atoms with van der Waals surface area (Å²) >= 11 is 0. The minimum Gasteiger partial charge on any atom is -0.337 e. The van der Waals surface area contributed by atoms with Gasteiger partial charge < -0.3 is 10.2 Å². The van der Waals surface area contributed by atoms with Crippen molar-refractivity contribution in [3.05, 3.63) is 35.1 Å². The Kier molecular flexibility index (Phi) is 3.27. The van der Waals surface area contributed by atoms with Gasteiger partial charge in [-0.1, -0.05) is 12.1 Å². The normalized spacial score (nSPS) is 26.3. The first-order valence-corrected chi connectivity index (χ1v) is 6.95. The molecule has 2 fully saturated rings. The summed E-state index contributed by atoms with van der Waals surface area (Å²) < 4.78 is 14.0. The van der Waals surface area contributed by atoms with Crippen LogP contribution in [0.1, 0.15) is 35.2 Å². The fourth-order valence-electron chi connectivity index (χ4n) is 3.11. The molecule has 4 heteroatoms. The first kappa shape index (κ1) is 12.6. The van der Waals surface area contributed by atoms with Gasteiger partial charge in [-0.15, -0.1) is 0 Å². The average Bonchev–Trinajstić information content (AvgIpc) is 2.72. The lowest BCUT2D eigenvalue weighted by Crippen LogP contribution is -2.39. The first-order chi connectivity index (χ1) is 9.15. The number of fused-ring (bicyclic) bond motifs is 2. The van der Waals surface area contributed by atoms with Gasteiger partial charge in [0.1, 0.15) is 5.82 Å². The molecule has 3 nitrogen and oxygen atoms in total. The van der Waals surface area contributed by atoms with Crippen LogP contribution in [0.25, 0.3) is 0 Å². The number of hydrogen-bond donors (Lipinski definition) is 1. The topological polar surface area (TPSA) is 32.3 Å². The van der Waals surface area contributed by atoms with Crippen LogP contribution in [-0.4, -0.2) is 36.0 Å². The van der Waals surface area contributed by atoms with Crippen molar-refractivity contribution < 1.29 is 9.18 Å². The van der Waals surface area contributed by atoms with Gasteiger partial charge in [-0.25, -0.2) is 4.39 Å². The third-order valence-electron chi connectivity index (χ3n) is 4.23. The zero-order valence-corrected chi connectivity index (χ0v) is 11.2. The summed E-state index contributed by atoms with van der Waals surface area (Å²) in [6.07, 6.45) is 3.28. The van der Waals surface area contributed by atoms with Crippen LogP contribution >= 0.6 is 0 Å². The van der Waals surface area contributed by atoms with Crippen molar-refractivity contribution >= 4 is 5.91 Å². The number of amides is 1. The molecule has 102 valence electrons. The van der Waals surface area contributed by atoms with E-state index in [2.05, 4.69) is 5.32 Å². The Labute approximate surface area is 112 Å². The van der Waals surface area contributed by atoms with E-state index in [1.807, 2.05) is 0 Å². The van der Waals surface area contributed by atoms with E-state index in [-0.39, 0.29) is 17.3 Å². The standard InChI is InChI=1S/C15H19FN2O/c1-10-3-2-4-13(14(10)16)15(19)18-8-7-11-5-6-12(9-18)17-11/h2-4,11-12,17H,5-9H2,1H3. The highest BCUT2D eigenvalue weighted by atomic mass is 19.1. The van der Waals surface area contributed by atoms with Gasteiger partial charge in [0, 0.05) is 25.2 Å². The Morgan fingerprint density at radius 1 is 1.32 bits per heavy atom. The van der Waals surface area contributed by atoms with E-state index in [4.69, 9.17) is 0 Å². The number of benzene rings is 1. The number of nitrogens with one attached hydrogen (secondary N) is 1. The molecular weight excluding hydrogens is 243 g/mol. The van der Waals surface area contributed by atoms with E-state index in [1.165, 1.54) is 6.42 Å². The van der Waals surface area contributed by atoms with Gasteiger partial charge in [0.2, 0.25) is 0 Å². The Morgan fingerprint density at radius 3 is 2.95 bits per heavy atom. The molecule has 1 aromatic carbocycles. The van der Waals surface area contributed by atoms with Gasteiger partial charge in [-0.2, -0.15) is 0 Å². The summed E-state index contributed by atoms with van der Waals surface area (Å²) in [5.41, 5.74) is 0.734. The van der Waals surface area contributed by atoms with E-state index < -0.39 is 0 Å². The first-order valence-electron chi connectivity index (χ1n) is 6.95. The van der Waals surface area contributed by atoms with Gasteiger partial charge in [-0.05, 0) is 37.8 Å². The number of carbonyl (C=O) groups is 1. The molecule has 2 aliphatic rings. The van der Waals surface area contributed by atoms with E-state index in [0.29, 0.717) is 24.2 Å². The Morgan fingerprint density at radius 2 is 2.11 bits per heavy atom. The van der Waals surface area contributed by atoms with E-state index in [1.54, 1.807) is 30.0 Å². The fraction of sp³-hybridized carbons (Fsp3) is 0.533. The third kappa shape index (κ3) is 2.37. The lowest BCUT2D eigenvalue weighted by atomic mass is 10.1. The molecule has 1 amide bonds. The largest absolute Gasteiger partial charge is 0.337 e. The lowest BCUT2D eigenvalue weighted by Gasteiger charge is -2.24. The maximum Gasteiger partial charge on any atom is 0.256 e. The van der Waals surface area contributed by atoms with Crippen molar-refractivity contribution in [1.29, 1.82) is 0 Å². The predicted molar refractivity (Wildman–Crippen MR) is 71.6 cm³/mol. The maximum absolute atomic E-state index is 14.0. The highest BCUT2D eigenvalue weighted by Gasteiger charge is 2.32. The molecule has 2 aliphatic heterocycles. The zero-order chi connectivity index (χ0) is 13.4. The molecule has 2 unspecified atom stereocenters. The number of aryl methyl sites for hydroxylation is 1. The van der Waals surface area contributed by atoms with E-state index in [9.17, 15) is 9.18 Å². The second-order valence-electron chi connectivity index (χ2n) is 5.61. The van der Waals surface area contributed by atoms with Crippen molar-refractivity contribution in [3.8, 4) is 0 Å². The third-order valence-corrected chi connectivity index (χ3v) is 4.23. The number of halogens is 1. The predicted octanol–water partition coefficient (Wildman–Crippen LogP) is 2.10. The molecule has 1 aromatic rings. The minimum absolute atomic E-state index is 0.171. The molecule has 0 aromatic heterocycles. The number of nitrogens with zero attached hydrogens (tertiary/aromatic N) is 1. The number of likely N-dealkylation sites (tertiary alicyclic amines) is 1. The van der Waals surface area contributed by atoms with Crippen LogP contribution in [0, 0.1) is 12.7 Å². The minimum atomic E-state index is -0.380. The molecule has 19 heavy (non-hydrogen) atoms. The van der Waals surface area contributed by atoms with Crippen molar-refractivity contribution in [1.82, 2.24) is 10.2 Å². The molecule has 3 rings (SSSR count). The molecule has 0 aliphatic carbocycles. The summed E-state index contributed by atoms with van der Waals surface area (Å²) in [5.74, 6) is -0.551. The quantitative estimate of drug-likeness (QED) is 0.840. The van der Waals surface area contributed by atoms with E-state index in [0.717, 1.165) is 19.4 Å². The van der Waals surface area contributed by atoms with Crippen LogP contribution in [0.5, 0.6) is 0 Å². The smallest absolute Gasteiger partial charge is 0.256 e. The number of rotatable bonds is 1. The van der Waals surface area contributed by atoms with Crippen LogP contribution in [0.2, 0.25) is 0 Å². The molecule has 0 radical (unpaired) electrons. The Bertz CT molecular complexity index is 503. The molecule has 2 heterocycles. The number of hydrogen-bond acceptors (Lipinski definition) is 2. The maximum atomic E-state index is 14.0. The van der Waals surface area contributed by atoms with Gasteiger partial charge in [0.05, 0.1) is 5.56 Å². The van der Waals surface area contributed by atoms with Crippen molar-refractivity contribution in [2.24, 2.45) is 0 Å². The number of carbonyl (C=O) groups excluding carboxylic acids is 1. The summed E-state index contributed by atoms with van der Waals surface area (Å²) in [4.78, 5) is 14.3. The monoisotopic (exact) mass is 262 g/mol.